The highest BCUT2D eigenvalue weighted by Crippen LogP contribution is 2.61. The van der Waals surface area contributed by atoms with Crippen molar-refractivity contribution in [3.05, 3.63) is 107 Å². The van der Waals surface area contributed by atoms with Gasteiger partial charge in [0.05, 0.1) is 22.9 Å². The first-order chi connectivity index (χ1) is 21.1. The van der Waals surface area contributed by atoms with Gasteiger partial charge in [-0.25, -0.2) is 18.7 Å². The molecule has 3 aromatic carbocycles. The summed E-state index contributed by atoms with van der Waals surface area (Å²) in [6, 6.07) is 23.3. The maximum absolute atomic E-state index is 14.9. The SMILES string of the molecule is CCOC(=O)c1csc(-n2nc(-c3cccc(-c4ccccc4)c3)c(Cc3ccc(S(=O)O)cc3)c2C2(C(F)(F)F)CC2)n1. The zero-order valence-electron chi connectivity index (χ0n) is 23.4. The van der Waals surface area contributed by atoms with Crippen LogP contribution in [0.1, 0.15) is 47.1 Å². The van der Waals surface area contributed by atoms with Crippen molar-refractivity contribution >= 4 is 28.4 Å². The zero-order chi connectivity index (χ0) is 31.1. The van der Waals surface area contributed by atoms with Crippen molar-refractivity contribution in [3.8, 4) is 27.5 Å². The van der Waals surface area contributed by atoms with Gasteiger partial charge in [0, 0.05) is 22.9 Å². The molecule has 1 atom stereocenters. The summed E-state index contributed by atoms with van der Waals surface area (Å²) < 4.78 is 71.9. The highest BCUT2D eigenvalue weighted by atomic mass is 32.2. The lowest BCUT2D eigenvalue weighted by molar-refractivity contribution is -0.162. The second-order valence-corrected chi connectivity index (χ2v) is 12.2. The van der Waals surface area contributed by atoms with Gasteiger partial charge >= 0.3 is 12.1 Å². The van der Waals surface area contributed by atoms with E-state index in [4.69, 9.17) is 9.84 Å². The molecule has 1 aliphatic rings. The standard InChI is InChI=1S/C32H26F3N3O4S2/c1-2-42-29(39)26-19-43-30(36-26)38-28(31(15-16-31)32(33,34)35)25(17-20-11-13-24(14-12-20)44(40)41)27(37-38)23-10-6-9-22(18-23)21-7-4-3-5-8-21/h3-14,18-19H,2,15-17H2,1H3,(H,40,41). The van der Waals surface area contributed by atoms with Gasteiger partial charge in [-0.15, -0.1) is 11.3 Å². The smallest absolute Gasteiger partial charge is 0.399 e. The largest absolute Gasteiger partial charge is 0.461 e. The quantitative estimate of drug-likeness (QED) is 0.132. The summed E-state index contributed by atoms with van der Waals surface area (Å²) in [5.41, 5.74) is 1.63. The van der Waals surface area contributed by atoms with Crippen molar-refractivity contribution in [1.82, 2.24) is 14.8 Å². The molecule has 1 unspecified atom stereocenters. The second kappa shape index (κ2) is 11.8. The molecule has 1 fully saturated rings. The molecule has 0 aliphatic heterocycles. The lowest BCUT2D eigenvalue weighted by atomic mass is 9.90. The minimum Gasteiger partial charge on any atom is -0.461 e. The van der Waals surface area contributed by atoms with Gasteiger partial charge in [0.2, 0.25) is 5.13 Å². The van der Waals surface area contributed by atoms with E-state index in [-0.39, 0.29) is 47.3 Å². The van der Waals surface area contributed by atoms with Gasteiger partial charge in [0.1, 0.15) is 5.41 Å². The molecule has 226 valence electrons. The number of carbonyl (C=O) groups excluding carboxylic acids is 1. The van der Waals surface area contributed by atoms with Crippen LogP contribution in [0.5, 0.6) is 0 Å². The van der Waals surface area contributed by atoms with Crippen LogP contribution < -0.4 is 0 Å². The average Bonchev–Trinajstić information content (AvgIpc) is 3.53. The molecule has 1 saturated carbocycles. The molecule has 1 aliphatic carbocycles. The number of halogens is 3. The Morgan fingerprint density at radius 3 is 2.34 bits per heavy atom. The number of esters is 1. The maximum atomic E-state index is 14.9. The zero-order valence-corrected chi connectivity index (χ0v) is 25.0. The van der Waals surface area contributed by atoms with Crippen LogP contribution in [0.25, 0.3) is 27.5 Å². The van der Waals surface area contributed by atoms with Crippen LogP contribution >= 0.6 is 11.3 Å². The molecule has 0 bridgehead atoms. The van der Waals surface area contributed by atoms with Gasteiger partial charge in [-0.3, -0.25) is 0 Å². The number of nitrogens with zero attached hydrogens (tertiary/aromatic N) is 3. The third-order valence-electron chi connectivity index (χ3n) is 7.64. The number of rotatable bonds is 9. The first kappa shape index (κ1) is 29.9. The molecule has 0 radical (unpaired) electrons. The second-order valence-electron chi connectivity index (χ2n) is 10.4. The Balaban J connectivity index is 1.58. The molecule has 6 rings (SSSR count). The molecule has 0 saturated heterocycles. The van der Waals surface area contributed by atoms with E-state index in [0.29, 0.717) is 22.4 Å². The van der Waals surface area contributed by atoms with Crippen molar-refractivity contribution in [1.29, 1.82) is 0 Å². The lowest BCUT2D eigenvalue weighted by Crippen LogP contribution is -2.32. The average molecular weight is 638 g/mol. The number of benzene rings is 3. The molecule has 0 spiro atoms. The first-order valence-electron chi connectivity index (χ1n) is 13.8. The molecule has 0 amide bonds. The molecule has 2 heterocycles. The minimum absolute atomic E-state index is 0.00748. The van der Waals surface area contributed by atoms with Gasteiger partial charge in [-0.05, 0) is 54.7 Å². The van der Waals surface area contributed by atoms with Crippen LogP contribution in [0.4, 0.5) is 13.2 Å². The van der Waals surface area contributed by atoms with Crippen LogP contribution in [0.3, 0.4) is 0 Å². The summed E-state index contributed by atoms with van der Waals surface area (Å²) in [6.45, 7) is 1.79. The third kappa shape index (κ3) is 5.60. The van der Waals surface area contributed by atoms with E-state index < -0.39 is 28.6 Å². The fourth-order valence-electron chi connectivity index (χ4n) is 5.32. The van der Waals surface area contributed by atoms with E-state index in [1.807, 2.05) is 54.6 Å². The molecule has 44 heavy (non-hydrogen) atoms. The van der Waals surface area contributed by atoms with E-state index in [0.717, 1.165) is 22.5 Å². The summed E-state index contributed by atoms with van der Waals surface area (Å²) in [5, 5.41) is 6.36. The minimum atomic E-state index is -4.57. The predicted octanol–water partition coefficient (Wildman–Crippen LogP) is 7.60. The van der Waals surface area contributed by atoms with Gasteiger partial charge in [0.25, 0.3) is 0 Å². The highest BCUT2D eigenvalue weighted by molar-refractivity contribution is 7.79. The Morgan fingerprint density at radius 2 is 1.70 bits per heavy atom. The van der Waals surface area contributed by atoms with E-state index in [1.54, 1.807) is 19.1 Å². The van der Waals surface area contributed by atoms with Crippen molar-refractivity contribution in [2.45, 2.75) is 42.7 Å². The molecule has 7 nitrogen and oxygen atoms in total. The maximum Gasteiger partial charge on any atom is 0.399 e. The lowest BCUT2D eigenvalue weighted by Gasteiger charge is -2.22. The number of ether oxygens (including phenoxy) is 1. The van der Waals surface area contributed by atoms with Crippen LogP contribution in [-0.2, 0) is 27.7 Å². The molecular weight excluding hydrogens is 611 g/mol. The van der Waals surface area contributed by atoms with Gasteiger partial charge in [0.15, 0.2) is 16.8 Å². The first-order valence-corrected chi connectivity index (χ1v) is 15.8. The van der Waals surface area contributed by atoms with Crippen LogP contribution in [0.15, 0.2) is 89.1 Å². The predicted molar refractivity (Wildman–Crippen MR) is 161 cm³/mol. The summed E-state index contributed by atoms with van der Waals surface area (Å²) >= 11 is -1.18. The monoisotopic (exact) mass is 637 g/mol. The van der Waals surface area contributed by atoms with Crippen LogP contribution in [0.2, 0.25) is 0 Å². The number of hydrogen-bond donors (Lipinski definition) is 1. The number of hydrogen-bond acceptors (Lipinski definition) is 6. The Hall–Kier alpha value is -4.13. The number of thiazole rings is 1. The van der Waals surface area contributed by atoms with Crippen molar-refractivity contribution in [3.63, 3.8) is 0 Å². The van der Waals surface area contributed by atoms with E-state index in [9.17, 15) is 26.7 Å². The molecule has 5 aromatic rings. The Labute approximate surface area is 257 Å². The van der Waals surface area contributed by atoms with Gasteiger partial charge < -0.3 is 9.29 Å². The van der Waals surface area contributed by atoms with Crippen LogP contribution in [0, 0.1) is 0 Å². The Bertz CT molecular complexity index is 1850. The number of alkyl halides is 3. The van der Waals surface area contributed by atoms with E-state index in [2.05, 4.69) is 4.98 Å². The fourth-order valence-corrected chi connectivity index (χ4v) is 6.44. The number of carbonyl (C=O) groups is 1. The fraction of sp³-hybridized carbons (Fsp3) is 0.219. The summed E-state index contributed by atoms with van der Waals surface area (Å²) in [7, 11) is 0. The summed E-state index contributed by atoms with van der Waals surface area (Å²) in [6.07, 6.45) is -4.72. The van der Waals surface area contributed by atoms with E-state index >= 15 is 0 Å². The Kier molecular flexibility index (Phi) is 7.99. The molecule has 1 N–H and O–H groups in total. The van der Waals surface area contributed by atoms with Crippen LogP contribution in [-0.4, -0.2) is 42.3 Å². The third-order valence-corrected chi connectivity index (χ3v) is 9.13. The van der Waals surface area contributed by atoms with Crippen molar-refractivity contribution in [2.24, 2.45) is 0 Å². The number of aromatic nitrogens is 3. The Morgan fingerprint density at radius 1 is 1.02 bits per heavy atom. The molecule has 2 aromatic heterocycles. The van der Waals surface area contributed by atoms with Gasteiger partial charge in [-0.1, -0.05) is 60.7 Å². The van der Waals surface area contributed by atoms with Crippen molar-refractivity contribution < 1.29 is 31.5 Å². The summed E-state index contributed by atoms with van der Waals surface area (Å²) in [5.74, 6) is -0.668. The topological polar surface area (TPSA) is 94.3 Å². The van der Waals surface area contributed by atoms with E-state index in [1.165, 1.54) is 22.2 Å². The normalized spacial score (nSPS) is 14.8. The van der Waals surface area contributed by atoms with Gasteiger partial charge in [-0.2, -0.15) is 18.3 Å². The van der Waals surface area contributed by atoms with Crippen molar-refractivity contribution in [2.75, 3.05) is 6.61 Å². The molecular formula is C32H26F3N3O4S2. The highest BCUT2D eigenvalue weighted by Gasteiger charge is 2.67. The molecule has 12 heteroatoms. The summed E-state index contributed by atoms with van der Waals surface area (Å²) in [4.78, 5) is 16.9.